The van der Waals surface area contributed by atoms with Crippen LogP contribution in [0.2, 0.25) is 0 Å². The van der Waals surface area contributed by atoms with Crippen molar-refractivity contribution in [2.45, 2.75) is 11.3 Å². The molecule has 3 aromatic carbocycles. The van der Waals surface area contributed by atoms with E-state index in [9.17, 15) is 13.2 Å². The van der Waals surface area contributed by atoms with Gasteiger partial charge in [0, 0.05) is 12.2 Å². The number of nitrogens with one attached hydrogen (secondary N) is 2. The lowest BCUT2D eigenvalue weighted by molar-refractivity contribution is 0.0602. The molecule has 3 rings (SSSR count). The highest BCUT2D eigenvalue weighted by molar-refractivity contribution is 7.92. The van der Waals surface area contributed by atoms with Crippen LogP contribution < -0.4 is 10.0 Å². The number of rotatable bonds is 8. The number of hydrogen-bond donors (Lipinski definition) is 2. The molecule has 0 heterocycles. The first-order valence-electron chi connectivity index (χ1n) is 9.07. The Hall–Kier alpha value is -3.32. The van der Waals surface area contributed by atoms with Gasteiger partial charge in [0.1, 0.15) is 0 Å². The molecule has 0 atom stereocenters. The molecule has 0 fully saturated rings. The van der Waals surface area contributed by atoms with E-state index >= 15 is 0 Å². The van der Waals surface area contributed by atoms with Crippen molar-refractivity contribution in [3.63, 3.8) is 0 Å². The minimum Gasteiger partial charge on any atom is -0.465 e. The highest BCUT2D eigenvalue weighted by Gasteiger charge is 2.19. The number of carbonyl (C=O) groups excluding carboxylic acids is 1. The number of benzene rings is 3. The van der Waals surface area contributed by atoms with E-state index in [4.69, 9.17) is 4.74 Å². The number of hydrogen-bond acceptors (Lipinski definition) is 5. The predicted octanol–water partition coefficient (Wildman–Crippen LogP) is 3.93. The summed E-state index contributed by atoms with van der Waals surface area (Å²) in [5.74, 6) is -0.623. The van der Waals surface area contributed by atoms with Gasteiger partial charge >= 0.3 is 5.97 Å². The van der Waals surface area contributed by atoms with Crippen molar-refractivity contribution in [1.82, 2.24) is 0 Å². The fourth-order valence-electron chi connectivity index (χ4n) is 2.82. The summed E-state index contributed by atoms with van der Waals surface area (Å²) in [4.78, 5) is 12.3. The zero-order valence-corrected chi connectivity index (χ0v) is 16.8. The van der Waals surface area contributed by atoms with E-state index in [0.29, 0.717) is 12.2 Å². The molecule has 2 N–H and O–H groups in total. The minimum atomic E-state index is -3.82. The third-order valence-corrected chi connectivity index (χ3v) is 5.69. The molecule has 0 bridgehead atoms. The maximum Gasteiger partial charge on any atom is 0.340 e. The Morgan fingerprint density at radius 1 is 0.931 bits per heavy atom. The molecule has 0 spiro atoms. The van der Waals surface area contributed by atoms with Crippen molar-refractivity contribution in [2.24, 2.45) is 0 Å². The smallest absolute Gasteiger partial charge is 0.340 e. The van der Waals surface area contributed by atoms with Crippen LogP contribution in [0.25, 0.3) is 0 Å². The van der Waals surface area contributed by atoms with Crippen LogP contribution in [0.1, 0.15) is 15.9 Å². The molecule has 0 unspecified atom stereocenters. The van der Waals surface area contributed by atoms with Crippen LogP contribution in [-0.4, -0.2) is 28.0 Å². The van der Waals surface area contributed by atoms with Crippen molar-refractivity contribution in [2.75, 3.05) is 23.7 Å². The molecule has 0 aromatic heterocycles. The fourth-order valence-corrected chi connectivity index (χ4v) is 3.92. The van der Waals surface area contributed by atoms with Gasteiger partial charge in [0.05, 0.1) is 23.3 Å². The predicted molar refractivity (Wildman–Crippen MR) is 114 cm³/mol. The van der Waals surface area contributed by atoms with Gasteiger partial charge in [0.15, 0.2) is 0 Å². The largest absolute Gasteiger partial charge is 0.465 e. The number of methoxy groups -OCH3 is 1. The molecule has 7 heteroatoms. The molecular weight excluding hydrogens is 388 g/mol. The Bertz CT molecular complexity index is 1070. The van der Waals surface area contributed by atoms with Crippen molar-refractivity contribution in [3.8, 4) is 0 Å². The summed E-state index contributed by atoms with van der Waals surface area (Å²) >= 11 is 0. The number of ether oxygens (including phenoxy) is 1. The highest BCUT2D eigenvalue weighted by atomic mass is 32.2. The van der Waals surface area contributed by atoms with Crippen LogP contribution in [0.3, 0.4) is 0 Å². The average Bonchev–Trinajstić information content (AvgIpc) is 2.75. The van der Waals surface area contributed by atoms with Gasteiger partial charge in [-0.25, -0.2) is 13.2 Å². The summed E-state index contributed by atoms with van der Waals surface area (Å²) in [6.45, 7) is 0.666. The van der Waals surface area contributed by atoms with Crippen molar-refractivity contribution in [1.29, 1.82) is 0 Å². The van der Waals surface area contributed by atoms with Crippen molar-refractivity contribution in [3.05, 3.63) is 90.0 Å². The third kappa shape index (κ3) is 5.36. The molecule has 29 heavy (non-hydrogen) atoms. The molecule has 6 nitrogen and oxygen atoms in total. The molecule has 0 aliphatic heterocycles. The number of anilines is 2. The van der Waals surface area contributed by atoms with Crippen LogP contribution in [0.5, 0.6) is 0 Å². The van der Waals surface area contributed by atoms with Gasteiger partial charge in [-0.1, -0.05) is 48.5 Å². The lowest BCUT2D eigenvalue weighted by Crippen LogP contribution is -2.16. The van der Waals surface area contributed by atoms with Crippen LogP contribution >= 0.6 is 0 Å². The van der Waals surface area contributed by atoms with Gasteiger partial charge in [0.25, 0.3) is 10.0 Å². The van der Waals surface area contributed by atoms with Crippen molar-refractivity contribution >= 4 is 27.4 Å². The molecule has 0 aliphatic carbocycles. The molecule has 0 saturated carbocycles. The minimum absolute atomic E-state index is 0.112. The first-order chi connectivity index (χ1) is 14.0. The Morgan fingerprint density at radius 3 is 2.24 bits per heavy atom. The molecule has 150 valence electrons. The van der Waals surface area contributed by atoms with Gasteiger partial charge in [-0.15, -0.1) is 0 Å². The molecule has 0 aliphatic rings. The maximum absolute atomic E-state index is 12.6. The van der Waals surface area contributed by atoms with E-state index in [1.54, 1.807) is 36.4 Å². The van der Waals surface area contributed by atoms with E-state index in [-0.39, 0.29) is 16.1 Å². The third-order valence-electron chi connectivity index (χ3n) is 4.31. The van der Waals surface area contributed by atoms with Crippen molar-refractivity contribution < 1.29 is 17.9 Å². The maximum atomic E-state index is 12.6. The summed E-state index contributed by atoms with van der Waals surface area (Å²) in [7, 11) is -2.56. The van der Waals surface area contributed by atoms with Crippen LogP contribution in [-0.2, 0) is 21.2 Å². The highest BCUT2D eigenvalue weighted by Crippen LogP contribution is 2.24. The summed E-state index contributed by atoms with van der Waals surface area (Å²) in [5.41, 5.74) is 2.19. The normalized spacial score (nSPS) is 10.9. The number of esters is 1. The zero-order chi connectivity index (χ0) is 20.7. The fraction of sp³-hybridized carbons (Fsp3) is 0.136. The first-order valence-corrected chi connectivity index (χ1v) is 10.6. The Morgan fingerprint density at radius 2 is 1.59 bits per heavy atom. The van der Waals surface area contributed by atoms with E-state index in [1.165, 1.54) is 24.8 Å². The summed E-state index contributed by atoms with van der Waals surface area (Å²) in [6, 6.07) is 22.9. The van der Waals surface area contributed by atoms with Crippen LogP contribution in [0.15, 0.2) is 83.8 Å². The molecule has 0 amide bonds. The number of carbonyl (C=O) groups is 1. The Kier molecular flexibility index (Phi) is 6.51. The average molecular weight is 410 g/mol. The lowest BCUT2D eigenvalue weighted by atomic mass is 10.1. The second-order valence-electron chi connectivity index (χ2n) is 6.33. The molecule has 3 aromatic rings. The van der Waals surface area contributed by atoms with Crippen LogP contribution in [0.4, 0.5) is 11.4 Å². The lowest BCUT2D eigenvalue weighted by Gasteiger charge is -2.14. The Labute approximate surface area is 170 Å². The monoisotopic (exact) mass is 410 g/mol. The topological polar surface area (TPSA) is 84.5 Å². The summed E-state index contributed by atoms with van der Waals surface area (Å²) in [5, 5.41) is 3.25. The van der Waals surface area contributed by atoms with Gasteiger partial charge in [-0.2, -0.15) is 0 Å². The standard InChI is InChI=1S/C22H22N2O4S/c1-28-22(25)20-16-18(23-15-14-17-8-4-2-5-9-17)12-13-21(20)24-29(26,27)19-10-6-3-7-11-19/h2-13,16,23-24H,14-15H2,1H3. The van der Waals surface area contributed by atoms with E-state index in [1.807, 2.05) is 30.3 Å². The SMILES string of the molecule is COC(=O)c1cc(NCCc2ccccc2)ccc1NS(=O)(=O)c1ccccc1. The quantitative estimate of drug-likeness (QED) is 0.550. The van der Waals surface area contributed by atoms with Gasteiger partial charge < -0.3 is 10.1 Å². The Balaban J connectivity index is 1.78. The molecule has 0 saturated heterocycles. The van der Waals surface area contributed by atoms with E-state index in [0.717, 1.165) is 6.42 Å². The number of sulfonamides is 1. The summed E-state index contributed by atoms with van der Waals surface area (Å²) < 4.78 is 32.5. The zero-order valence-electron chi connectivity index (χ0n) is 16.0. The first kappa shape index (κ1) is 20.4. The molecular formula is C22H22N2O4S. The van der Waals surface area contributed by atoms with Gasteiger partial charge in [0.2, 0.25) is 0 Å². The second-order valence-corrected chi connectivity index (χ2v) is 8.02. The van der Waals surface area contributed by atoms with E-state index < -0.39 is 16.0 Å². The van der Waals surface area contributed by atoms with E-state index in [2.05, 4.69) is 10.0 Å². The van der Waals surface area contributed by atoms with Crippen LogP contribution in [0, 0.1) is 0 Å². The van der Waals surface area contributed by atoms with Gasteiger partial charge in [-0.3, -0.25) is 4.72 Å². The van der Waals surface area contributed by atoms with Gasteiger partial charge in [-0.05, 0) is 42.3 Å². The second kappa shape index (κ2) is 9.25. The summed E-state index contributed by atoms with van der Waals surface area (Å²) in [6.07, 6.45) is 0.816. The molecule has 0 radical (unpaired) electrons.